The van der Waals surface area contributed by atoms with Crippen LogP contribution in [0.3, 0.4) is 0 Å². The first kappa shape index (κ1) is 14.7. The third kappa shape index (κ3) is 3.65. The van der Waals surface area contributed by atoms with Gasteiger partial charge in [-0.15, -0.1) is 0 Å². The highest BCUT2D eigenvalue weighted by molar-refractivity contribution is 7.89. The molecule has 0 spiro atoms. The molecule has 2 aromatic heterocycles. The van der Waals surface area contributed by atoms with Gasteiger partial charge in [0.1, 0.15) is 5.82 Å². The minimum Gasteiger partial charge on any atom is -0.347 e. The number of imidazole rings is 1. The monoisotopic (exact) mass is 298 g/mol. The fourth-order valence-corrected chi connectivity index (χ4v) is 2.80. The van der Waals surface area contributed by atoms with Crippen molar-refractivity contribution >= 4 is 10.0 Å². The normalized spacial score (nSPS) is 11.8. The van der Waals surface area contributed by atoms with Crippen LogP contribution >= 0.6 is 0 Å². The molecule has 8 nitrogen and oxygen atoms in total. The Morgan fingerprint density at radius 3 is 2.90 bits per heavy atom. The standard InChI is InChI=1S/C11H18N6O2S/c1-2-3-12-6-9-7-15-17-11(9)20(18,19)16-8-10-13-4-5-14-10/h4-5,7,12,16H,2-3,6,8H2,1H3,(H,13,14)(H,15,17). The van der Waals surface area contributed by atoms with Gasteiger partial charge >= 0.3 is 0 Å². The predicted molar refractivity (Wildman–Crippen MR) is 73.2 cm³/mol. The molecule has 2 rings (SSSR count). The Labute approximate surface area is 117 Å². The Kier molecular flexibility index (Phi) is 4.88. The van der Waals surface area contributed by atoms with Gasteiger partial charge in [-0.25, -0.2) is 18.1 Å². The van der Waals surface area contributed by atoms with E-state index in [1.54, 1.807) is 12.4 Å². The molecule has 4 N–H and O–H groups in total. The van der Waals surface area contributed by atoms with E-state index >= 15 is 0 Å². The molecule has 0 bridgehead atoms. The fraction of sp³-hybridized carbons (Fsp3) is 0.455. The van der Waals surface area contributed by atoms with Crippen molar-refractivity contribution < 1.29 is 8.42 Å². The van der Waals surface area contributed by atoms with Crippen LogP contribution in [0.25, 0.3) is 0 Å². The summed E-state index contributed by atoms with van der Waals surface area (Å²) >= 11 is 0. The highest BCUT2D eigenvalue weighted by Gasteiger charge is 2.20. The van der Waals surface area contributed by atoms with Gasteiger partial charge in [-0.05, 0) is 13.0 Å². The van der Waals surface area contributed by atoms with Gasteiger partial charge in [-0.2, -0.15) is 5.10 Å². The first-order chi connectivity index (χ1) is 9.63. The van der Waals surface area contributed by atoms with Crippen molar-refractivity contribution in [2.45, 2.75) is 31.5 Å². The smallest absolute Gasteiger partial charge is 0.258 e. The Balaban J connectivity index is 2.03. The Morgan fingerprint density at radius 1 is 1.35 bits per heavy atom. The Bertz CT molecular complexity index is 619. The Morgan fingerprint density at radius 2 is 2.20 bits per heavy atom. The van der Waals surface area contributed by atoms with Crippen LogP contribution in [0.15, 0.2) is 23.6 Å². The molecule has 0 saturated carbocycles. The van der Waals surface area contributed by atoms with Gasteiger partial charge < -0.3 is 10.3 Å². The quantitative estimate of drug-likeness (QED) is 0.516. The molecular weight excluding hydrogens is 280 g/mol. The largest absolute Gasteiger partial charge is 0.347 e. The van der Waals surface area contributed by atoms with Crippen molar-refractivity contribution in [2.75, 3.05) is 6.54 Å². The minimum atomic E-state index is -3.63. The molecule has 0 aliphatic carbocycles. The predicted octanol–water partition coefficient (Wildman–Crippen LogP) is 0.111. The summed E-state index contributed by atoms with van der Waals surface area (Å²) in [5, 5.41) is 9.58. The number of rotatable bonds is 8. The van der Waals surface area contributed by atoms with Crippen LogP contribution in [0.1, 0.15) is 24.7 Å². The van der Waals surface area contributed by atoms with E-state index in [-0.39, 0.29) is 11.6 Å². The molecule has 110 valence electrons. The van der Waals surface area contributed by atoms with Crippen LogP contribution in [-0.2, 0) is 23.1 Å². The molecule has 0 unspecified atom stereocenters. The lowest BCUT2D eigenvalue weighted by Crippen LogP contribution is -2.26. The van der Waals surface area contributed by atoms with E-state index in [9.17, 15) is 8.42 Å². The zero-order chi connectivity index (χ0) is 14.4. The topological polar surface area (TPSA) is 116 Å². The lowest BCUT2D eigenvalue weighted by atomic mass is 10.3. The van der Waals surface area contributed by atoms with Crippen LogP contribution in [0.5, 0.6) is 0 Å². The Hall–Kier alpha value is -1.71. The second-order valence-corrected chi connectivity index (χ2v) is 5.97. The van der Waals surface area contributed by atoms with Crippen molar-refractivity contribution in [3.8, 4) is 0 Å². The molecule has 9 heteroatoms. The average molecular weight is 298 g/mol. The molecule has 0 fully saturated rings. The zero-order valence-electron chi connectivity index (χ0n) is 11.2. The minimum absolute atomic E-state index is 0.0904. The van der Waals surface area contributed by atoms with Crippen molar-refractivity contribution in [1.29, 1.82) is 0 Å². The molecule has 20 heavy (non-hydrogen) atoms. The van der Waals surface area contributed by atoms with Crippen LogP contribution < -0.4 is 10.0 Å². The van der Waals surface area contributed by atoms with Crippen molar-refractivity contribution in [3.05, 3.63) is 30.0 Å². The first-order valence-corrected chi connectivity index (χ1v) is 7.82. The first-order valence-electron chi connectivity index (χ1n) is 6.34. The van der Waals surface area contributed by atoms with E-state index < -0.39 is 10.0 Å². The average Bonchev–Trinajstić information content (AvgIpc) is 3.08. The van der Waals surface area contributed by atoms with Crippen molar-refractivity contribution in [2.24, 2.45) is 0 Å². The van der Waals surface area contributed by atoms with Crippen LogP contribution in [-0.4, -0.2) is 35.1 Å². The second-order valence-electron chi connectivity index (χ2n) is 4.26. The lowest BCUT2D eigenvalue weighted by molar-refractivity contribution is 0.572. The lowest BCUT2D eigenvalue weighted by Gasteiger charge is -2.06. The molecule has 0 aliphatic rings. The summed E-state index contributed by atoms with van der Waals surface area (Å²) in [6.07, 6.45) is 5.71. The number of sulfonamides is 1. The molecule has 0 amide bonds. The summed E-state index contributed by atoms with van der Waals surface area (Å²) in [4.78, 5) is 6.80. The van der Waals surface area contributed by atoms with Gasteiger partial charge in [0.05, 0.1) is 12.7 Å². The fourth-order valence-electron chi connectivity index (χ4n) is 1.69. The van der Waals surface area contributed by atoms with Crippen LogP contribution in [0, 0.1) is 0 Å². The van der Waals surface area contributed by atoms with E-state index in [0.717, 1.165) is 13.0 Å². The maximum Gasteiger partial charge on any atom is 0.258 e. The van der Waals surface area contributed by atoms with Crippen molar-refractivity contribution in [1.82, 2.24) is 30.2 Å². The summed E-state index contributed by atoms with van der Waals surface area (Å²) in [5.41, 5.74) is 0.616. The van der Waals surface area contributed by atoms with E-state index in [2.05, 4.69) is 30.2 Å². The summed E-state index contributed by atoms with van der Waals surface area (Å²) in [7, 11) is -3.63. The summed E-state index contributed by atoms with van der Waals surface area (Å²) < 4.78 is 26.9. The van der Waals surface area contributed by atoms with E-state index in [4.69, 9.17) is 0 Å². The van der Waals surface area contributed by atoms with E-state index in [0.29, 0.717) is 17.9 Å². The van der Waals surface area contributed by atoms with Gasteiger partial charge in [0, 0.05) is 24.5 Å². The molecule has 0 aliphatic heterocycles. The number of hydrogen-bond donors (Lipinski definition) is 4. The second kappa shape index (κ2) is 6.64. The zero-order valence-corrected chi connectivity index (χ0v) is 12.0. The van der Waals surface area contributed by atoms with Gasteiger partial charge in [0.15, 0.2) is 5.03 Å². The number of nitrogens with one attached hydrogen (secondary N) is 4. The van der Waals surface area contributed by atoms with Gasteiger partial charge in [-0.3, -0.25) is 5.10 Å². The third-order valence-corrected chi connectivity index (χ3v) is 4.09. The number of nitrogens with zero attached hydrogens (tertiary/aromatic N) is 2. The molecule has 0 aromatic carbocycles. The maximum atomic E-state index is 12.2. The molecule has 2 heterocycles. The van der Waals surface area contributed by atoms with Crippen molar-refractivity contribution in [3.63, 3.8) is 0 Å². The highest BCUT2D eigenvalue weighted by Crippen LogP contribution is 2.11. The van der Waals surface area contributed by atoms with Gasteiger partial charge in [-0.1, -0.05) is 6.92 Å². The number of aromatic amines is 2. The maximum absolute atomic E-state index is 12.2. The van der Waals surface area contributed by atoms with Crippen LogP contribution in [0.2, 0.25) is 0 Å². The van der Waals surface area contributed by atoms with Gasteiger partial charge in [0.25, 0.3) is 10.0 Å². The van der Waals surface area contributed by atoms with Crippen LogP contribution in [0.4, 0.5) is 0 Å². The summed E-state index contributed by atoms with van der Waals surface area (Å²) in [6, 6.07) is 0. The molecule has 0 saturated heterocycles. The summed E-state index contributed by atoms with van der Waals surface area (Å²) in [6.45, 7) is 3.44. The third-order valence-electron chi connectivity index (χ3n) is 2.67. The summed E-state index contributed by atoms with van der Waals surface area (Å²) in [5.74, 6) is 0.554. The molecule has 2 aromatic rings. The number of H-pyrrole nitrogens is 2. The molecular formula is C11H18N6O2S. The highest BCUT2D eigenvalue weighted by atomic mass is 32.2. The number of hydrogen-bond acceptors (Lipinski definition) is 5. The van der Waals surface area contributed by atoms with E-state index in [1.807, 2.05) is 6.92 Å². The molecule has 0 radical (unpaired) electrons. The molecule has 0 atom stereocenters. The SMILES string of the molecule is CCCNCc1cn[nH]c1S(=O)(=O)NCc1ncc[nH]1. The van der Waals surface area contributed by atoms with E-state index in [1.165, 1.54) is 6.20 Å². The number of aromatic nitrogens is 4. The van der Waals surface area contributed by atoms with Gasteiger partial charge in [0.2, 0.25) is 0 Å².